The van der Waals surface area contributed by atoms with Crippen molar-refractivity contribution in [2.75, 3.05) is 19.8 Å². The molecule has 17 heteroatoms. The first-order valence-electron chi connectivity index (χ1n) is 17.6. The molecular formula is C37H46Cl3NO13. The van der Waals surface area contributed by atoms with Crippen LogP contribution in [0.2, 0.25) is 0 Å². The Balaban J connectivity index is 1.30. The summed E-state index contributed by atoms with van der Waals surface area (Å²) >= 11 is 17.7. The molecule has 2 aromatic carbocycles. The topological polar surface area (TPSA) is 148 Å². The predicted octanol–water partition coefficient (Wildman–Crippen LogP) is 5.32. The average molecular weight is 819 g/mol. The highest BCUT2D eigenvalue weighted by atomic mass is 35.6. The molecular weight excluding hydrogens is 773 g/mol. The number of rotatable bonds is 13. The van der Waals surface area contributed by atoms with Gasteiger partial charge >= 0.3 is 12.1 Å². The summed E-state index contributed by atoms with van der Waals surface area (Å²) in [6, 6.07) is 17.8. The second-order valence-corrected chi connectivity index (χ2v) is 16.8. The van der Waals surface area contributed by atoms with E-state index in [0.29, 0.717) is 0 Å². The van der Waals surface area contributed by atoms with Crippen LogP contribution in [0.4, 0.5) is 4.79 Å². The molecule has 0 radical (unpaired) electrons. The van der Waals surface area contributed by atoms with E-state index in [1.807, 2.05) is 60.7 Å². The zero-order valence-electron chi connectivity index (χ0n) is 30.5. The molecule has 0 aromatic heterocycles. The fourth-order valence-electron chi connectivity index (χ4n) is 6.81. The van der Waals surface area contributed by atoms with E-state index in [4.69, 9.17) is 86.9 Å². The molecule has 0 saturated carbocycles. The van der Waals surface area contributed by atoms with Crippen LogP contribution in [0.1, 0.15) is 45.7 Å². The van der Waals surface area contributed by atoms with Crippen LogP contribution in [0, 0.1) is 0 Å². The van der Waals surface area contributed by atoms with Gasteiger partial charge in [0, 0.05) is 6.92 Å². The van der Waals surface area contributed by atoms with Crippen molar-refractivity contribution in [3.63, 3.8) is 0 Å². The maximum Gasteiger partial charge on any atom is 0.407 e. The van der Waals surface area contributed by atoms with E-state index < -0.39 is 95.4 Å². The molecule has 1 amide bonds. The quantitative estimate of drug-likeness (QED) is 0.206. The normalized spacial score (nSPS) is 32.7. The van der Waals surface area contributed by atoms with Crippen molar-refractivity contribution in [1.29, 1.82) is 0 Å². The molecule has 4 saturated heterocycles. The number of hydrogen-bond donors (Lipinski definition) is 1. The summed E-state index contributed by atoms with van der Waals surface area (Å²) in [5.41, 5.74) is 1.71. The lowest BCUT2D eigenvalue weighted by Crippen LogP contribution is -2.66. The summed E-state index contributed by atoms with van der Waals surface area (Å²) in [5, 5.41) is 2.80. The third-order valence-corrected chi connectivity index (χ3v) is 9.32. The highest BCUT2D eigenvalue weighted by Crippen LogP contribution is 2.44. The summed E-state index contributed by atoms with van der Waals surface area (Å²) in [6.07, 6.45) is -8.25. The van der Waals surface area contributed by atoms with Gasteiger partial charge in [0.15, 0.2) is 24.2 Å². The SMILES string of the molecule is CC(=O)OC[C@H]1O[C@@H](OC[C@H]2O[C@@H]3OC(C)(C)O[C@@H]3[C@H]3OC(C)(C)O[C@H]32)[C@H](NC(=O)OCC(Cl)(Cl)Cl)[C@@H](OCc2ccccc2)[C@@H]1OCc1ccccc1. The van der Waals surface area contributed by atoms with E-state index in [1.54, 1.807) is 27.7 Å². The Bertz CT molecular complexity index is 1550. The first-order chi connectivity index (χ1) is 25.6. The number of carbonyl (C=O) groups excluding carboxylic acids is 2. The number of amides is 1. The summed E-state index contributed by atoms with van der Waals surface area (Å²) in [7, 11) is 0. The van der Waals surface area contributed by atoms with Gasteiger partial charge in [-0.3, -0.25) is 4.79 Å². The maximum absolute atomic E-state index is 13.3. The van der Waals surface area contributed by atoms with Crippen LogP contribution < -0.4 is 5.32 Å². The molecule has 6 rings (SSSR count). The molecule has 0 aliphatic carbocycles. The lowest BCUT2D eigenvalue weighted by molar-refractivity contribution is -0.304. The molecule has 0 spiro atoms. The van der Waals surface area contributed by atoms with Crippen LogP contribution in [0.5, 0.6) is 0 Å². The van der Waals surface area contributed by atoms with Crippen LogP contribution in [0.25, 0.3) is 0 Å². The summed E-state index contributed by atoms with van der Waals surface area (Å²) in [4.78, 5) is 25.4. The number of halogens is 3. The lowest BCUT2D eigenvalue weighted by atomic mass is 9.95. The average Bonchev–Trinajstić information content (AvgIpc) is 3.62. The molecule has 4 fully saturated rings. The molecule has 4 heterocycles. The van der Waals surface area contributed by atoms with Crippen LogP contribution in [-0.4, -0.2) is 109 Å². The number of nitrogens with one attached hydrogen (secondary N) is 1. The monoisotopic (exact) mass is 817 g/mol. The van der Waals surface area contributed by atoms with E-state index in [-0.39, 0.29) is 26.4 Å². The zero-order chi connectivity index (χ0) is 38.7. The first kappa shape index (κ1) is 41.3. The van der Waals surface area contributed by atoms with Crippen molar-refractivity contribution in [3.05, 3.63) is 71.8 Å². The summed E-state index contributed by atoms with van der Waals surface area (Å²) in [5.74, 6) is -2.41. The molecule has 4 aliphatic rings. The molecule has 0 unspecified atom stereocenters. The molecule has 1 N–H and O–H groups in total. The van der Waals surface area contributed by atoms with Gasteiger partial charge in [-0.15, -0.1) is 0 Å². The molecule has 14 nitrogen and oxygen atoms in total. The van der Waals surface area contributed by atoms with Gasteiger partial charge in [0.25, 0.3) is 0 Å². The number of hydrogen-bond acceptors (Lipinski definition) is 13. The van der Waals surface area contributed by atoms with E-state index in [2.05, 4.69) is 5.32 Å². The molecule has 54 heavy (non-hydrogen) atoms. The van der Waals surface area contributed by atoms with Gasteiger partial charge in [-0.2, -0.15) is 0 Å². The standard InChI is InChI=1S/C37H46Cl3NO13/c1-21(42)44-18-24-27(45-16-22-12-8-6-9-13-22)29(46-17-23-14-10-7-11-15-23)26(41-34(43)48-20-37(38,39)40)32(49-24)47-19-25-28-30(52-35(2,3)51-28)31-33(50-25)54-36(4,5)53-31/h6-15,24-33H,16-20H2,1-5H3,(H,41,43)/t24-,25-,26-,27-,28+,29-,30+,31-,32-,33-/m1/s1. The van der Waals surface area contributed by atoms with Crippen molar-refractivity contribution in [1.82, 2.24) is 5.32 Å². The predicted molar refractivity (Wildman–Crippen MR) is 192 cm³/mol. The smallest absolute Gasteiger partial charge is 0.407 e. The molecule has 10 atom stereocenters. The van der Waals surface area contributed by atoms with Crippen molar-refractivity contribution >= 4 is 46.9 Å². The number of esters is 1. The number of fused-ring (bicyclic) bond motifs is 3. The number of alkyl halides is 3. The van der Waals surface area contributed by atoms with Gasteiger partial charge in [-0.1, -0.05) is 95.5 Å². The largest absolute Gasteiger partial charge is 0.463 e. The molecule has 298 valence electrons. The van der Waals surface area contributed by atoms with Gasteiger partial charge in [0.1, 0.15) is 62.0 Å². The Morgan fingerprint density at radius 3 is 1.89 bits per heavy atom. The Morgan fingerprint density at radius 2 is 1.28 bits per heavy atom. The molecule has 4 aliphatic heterocycles. The number of carbonyl (C=O) groups is 2. The van der Waals surface area contributed by atoms with Crippen molar-refractivity contribution < 1.29 is 61.7 Å². The Hall–Kier alpha value is -2.31. The van der Waals surface area contributed by atoms with Crippen LogP contribution in [-0.2, 0) is 70.1 Å². The number of alkyl carbamates (subject to hydrolysis) is 1. The van der Waals surface area contributed by atoms with Gasteiger partial charge < -0.3 is 57.4 Å². The fraction of sp³-hybridized carbons (Fsp3) is 0.622. The van der Waals surface area contributed by atoms with E-state index in [9.17, 15) is 9.59 Å². The number of ether oxygens (including phenoxy) is 11. The van der Waals surface area contributed by atoms with E-state index in [1.165, 1.54) is 6.92 Å². The van der Waals surface area contributed by atoms with Crippen LogP contribution in [0.15, 0.2) is 60.7 Å². The molecule has 2 aromatic rings. The minimum Gasteiger partial charge on any atom is -0.463 e. The van der Waals surface area contributed by atoms with Crippen molar-refractivity contribution in [2.24, 2.45) is 0 Å². The summed E-state index contributed by atoms with van der Waals surface area (Å²) in [6.45, 7) is 7.83. The highest BCUT2D eigenvalue weighted by Gasteiger charge is 2.61. The van der Waals surface area contributed by atoms with E-state index in [0.717, 1.165) is 11.1 Å². The first-order valence-corrected chi connectivity index (χ1v) is 18.8. The second-order valence-electron chi connectivity index (χ2n) is 14.3. The summed E-state index contributed by atoms with van der Waals surface area (Å²) < 4.78 is 66.0. The Kier molecular flexibility index (Phi) is 13.4. The van der Waals surface area contributed by atoms with Gasteiger partial charge in [-0.05, 0) is 38.8 Å². The molecule has 0 bridgehead atoms. The second kappa shape index (κ2) is 17.5. The van der Waals surface area contributed by atoms with Gasteiger partial charge in [0.05, 0.1) is 19.8 Å². The zero-order valence-corrected chi connectivity index (χ0v) is 32.8. The fourth-order valence-corrected chi connectivity index (χ4v) is 6.97. The van der Waals surface area contributed by atoms with Crippen molar-refractivity contribution in [3.8, 4) is 0 Å². The van der Waals surface area contributed by atoms with E-state index >= 15 is 0 Å². The maximum atomic E-state index is 13.3. The third kappa shape index (κ3) is 11.0. The highest BCUT2D eigenvalue weighted by molar-refractivity contribution is 6.67. The van der Waals surface area contributed by atoms with Crippen LogP contribution >= 0.6 is 34.8 Å². The van der Waals surface area contributed by atoms with Crippen LogP contribution in [0.3, 0.4) is 0 Å². The minimum atomic E-state index is -1.87. The van der Waals surface area contributed by atoms with Gasteiger partial charge in [-0.25, -0.2) is 4.79 Å². The number of benzene rings is 2. The van der Waals surface area contributed by atoms with Crippen molar-refractivity contribution in [2.45, 2.75) is 125 Å². The van der Waals surface area contributed by atoms with Gasteiger partial charge in [0.2, 0.25) is 3.79 Å². The Labute approximate surface area is 329 Å². The Morgan fingerprint density at radius 1 is 0.704 bits per heavy atom. The third-order valence-electron chi connectivity index (χ3n) is 8.99. The lowest BCUT2D eigenvalue weighted by Gasteiger charge is -2.46. The minimum absolute atomic E-state index is 0.108.